The molecule has 0 bridgehead atoms. The third-order valence-corrected chi connectivity index (χ3v) is 5.12. The summed E-state index contributed by atoms with van der Waals surface area (Å²) in [5, 5.41) is 10.6. The van der Waals surface area contributed by atoms with Gasteiger partial charge in [0.1, 0.15) is 18.7 Å². The van der Waals surface area contributed by atoms with Crippen molar-refractivity contribution in [1.82, 2.24) is 24.5 Å². The van der Waals surface area contributed by atoms with E-state index in [1.807, 2.05) is 0 Å². The first kappa shape index (κ1) is 17.8. The molecular formula is C15H15N5O5S. The Morgan fingerprint density at radius 3 is 2.54 bits per heavy atom. The Morgan fingerprint density at radius 2 is 1.92 bits per heavy atom. The fourth-order valence-electron chi connectivity index (χ4n) is 2.00. The van der Waals surface area contributed by atoms with Gasteiger partial charge in [0.25, 0.3) is 10.0 Å². The summed E-state index contributed by atoms with van der Waals surface area (Å²) in [4.78, 5) is 12.1. The van der Waals surface area contributed by atoms with E-state index < -0.39 is 16.0 Å². The summed E-state index contributed by atoms with van der Waals surface area (Å²) >= 11 is 0. The number of rotatable bonds is 6. The molecule has 3 aromatic rings. The van der Waals surface area contributed by atoms with E-state index in [1.165, 1.54) is 37.2 Å². The van der Waals surface area contributed by atoms with Crippen molar-refractivity contribution >= 4 is 16.0 Å². The minimum Gasteiger partial charge on any atom is -0.454 e. The lowest BCUT2D eigenvalue weighted by molar-refractivity contribution is 0.0440. The van der Waals surface area contributed by atoms with Crippen LogP contribution < -0.4 is 0 Å². The van der Waals surface area contributed by atoms with Gasteiger partial charge in [-0.1, -0.05) is 0 Å². The second-order valence-corrected chi connectivity index (χ2v) is 7.47. The van der Waals surface area contributed by atoms with Crippen molar-refractivity contribution in [3.05, 3.63) is 54.0 Å². The van der Waals surface area contributed by atoms with Gasteiger partial charge in [-0.2, -0.15) is 0 Å². The number of benzene rings is 1. The van der Waals surface area contributed by atoms with E-state index in [1.54, 1.807) is 24.3 Å². The number of aromatic nitrogens is 4. The third-order valence-electron chi connectivity index (χ3n) is 3.43. The highest BCUT2D eigenvalue weighted by Crippen LogP contribution is 2.18. The minimum atomic E-state index is -3.67. The number of tetrazole rings is 1. The number of sulfonamides is 1. The van der Waals surface area contributed by atoms with Gasteiger partial charge >= 0.3 is 5.97 Å². The molecule has 2 heterocycles. The number of esters is 1. The van der Waals surface area contributed by atoms with Gasteiger partial charge in [-0.15, -0.1) is 5.10 Å². The van der Waals surface area contributed by atoms with E-state index in [4.69, 9.17) is 9.15 Å². The summed E-state index contributed by atoms with van der Waals surface area (Å²) in [6, 6.07) is 9.25. The smallest absolute Gasteiger partial charge is 0.338 e. The molecule has 0 saturated heterocycles. The molecule has 11 heteroatoms. The normalized spacial score (nSPS) is 11.7. The number of carbonyl (C=O) groups excluding carboxylic acids is 1. The first-order valence-electron chi connectivity index (χ1n) is 7.40. The van der Waals surface area contributed by atoms with Gasteiger partial charge in [-0.05, 0) is 46.8 Å². The fraction of sp³-hybridized carbons (Fsp3) is 0.200. The van der Waals surface area contributed by atoms with Crippen molar-refractivity contribution in [3.63, 3.8) is 0 Å². The maximum Gasteiger partial charge on any atom is 0.338 e. The van der Waals surface area contributed by atoms with Crippen LogP contribution in [0.3, 0.4) is 0 Å². The maximum absolute atomic E-state index is 12.1. The average molecular weight is 377 g/mol. The molecule has 0 aliphatic heterocycles. The zero-order valence-corrected chi connectivity index (χ0v) is 14.8. The van der Waals surface area contributed by atoms with E-state index >= 15 is 0 Å². The van der Waals surface area contributed by atoms with E-state index in [9.17, 15) is 13.2 Å². The Morgan fingerprint density at radius 1 is 1.19 bits per heavy atom. The average Bonchev–Trinajstić information content (AvgIpc) is 3.31. The summed E-state index contributed by atoms with van der Waals surface area (Å²) in [6.07, 6.45) is 1.43. The third kappa shape index (κ3) is 3.63. The van der Waals surface area contributed by atoms with Crippen LogP contribution in [0.25, 0.3) is 5.69 Å². The molecule has 136 valence electrons. The van der Waals surface area contributed by atoms with Crippen molar-refractivity contribution in [3.8, 4) is 5.69 Å². The number of hydrogen-bond acceptors (Lipinski definition) is 8. The molecule has 0 spiro atoms. The first-order valence-corrected chi connectivity index (χ1v) is 8.84. The topological polar surface area (TPSA) is 120 Å². The Labute approximate surface area is 149 Å². The Kier molecular flexibility index (Phi) is 4.82. The molecule has 0 amide bonds. The standard InChI is InChI=1S/C15H15N5O5S/c1-19(2)26(22,23)14-8-7-13(25-14)9-24-15(21)11-3-5-12(6-4-11)20-10-16-17-18-20/h3-8,10H,9H2,1-2H3. The Bertz CT molecular complexity index is 993. The van der Waals surface area contributed by atoms with Crippen LogP contribution in [0.5, 0.6) is 0 Å². The quantitative estimate of drug-likeness (QED) is 0.580. The van der Waals surface area contributed by atoms with Crippen LogP contribution >= 0.6 is 0 Å². The lowest BCUT2D eigenvalue weighted by Crippen LogP contribution is -2.21. The molecule has 0 atom stereocenters. The molecule has 0 aliphatic carbocycles. The second-order valence-electron chi connectivity index (χ2n) is 5.39. The zero-order valence-electron chi connectivity index (χ0n) is 13.9. The molecule has 0 fully saturated rings. The van der Waals surface area contributed by atoms with Crippen LogP contribution in [0.15, 0.2) is 52.2 Å². The maximum atomic E-state index is 12.1. The monoisotopic (exact) mass is 377 g/mol. The first-order chi connectivity index (χ1) is 12.4. The minimum absolute atomic E-state index is 0.184. The number of hydrogen-bond donors (Lipinski definition) is 0. The van der Waals surface area contributed by atoms with Crippen molar-refractivity contribution in [2.24, 2.45) is 0 Å². The molecule has 10 nitrogen and oxygen atoms in total. The lowest BCUT2D eigenvalue weighted by Gasteiger charge is -2.08. The second kappa shape index (κ2) is 7.06. The summed E-state index contributed by atoms with van der Waals surface area (Å²) in [5.74, 6) is -0.342. The molecule has 2 aromatic heterocycles. The fourth-order valence-corrected chi connectivity index (χ4v) is 2.82. The predicted octanol–water partition coefficient (Wildman–Crippen LogP) is 0.863. The van der Waals surface area contributed by atoms with E-state index in [2.05, 4.69) is 15.5 Å². The zero-order chi connectivity index (χ0) is 18.7. The highest BCUT2D eigenvalue weighted by molar-refractivity contribution is 7.88. The van der Waals surface area contributed by atoms with Gasteiger partial charge in [0.05, 0.1) is 11.3 Å². The molecule has 26 heavy (non-hydrogen) atoms. The summed E-state index contributed by atoms with van der Waals surface area (Å²) in [6.45, 7) is -0.184. The predicted molar refractivity (Wildman–Crippen MR) is 87.9 cm³/mol. The van der Waals surface area contributed by atoms with Gasteiger partial charge in [0.2, 0.25) is 5.09 Å². The molecule has 1 aromatic carbocycles. The summed E-state index contributed by atoms with van der Waals surface area (Å²) < 4.78 is 36.7. The van der Waals surface area contributed by atoms with Gasteiger partial charge in [-0.25, -0.2) is 22.2 Å². The van der Waals surface area contributed by atoms with Crippen LogP contribution in [0.2, 0.25) is 0 Å². The van der Waals surface area contributed by atoms with Gasteiger partial charge in [-0.3, -0.25) is 0 Å². The summed E-state index contributed by atoms with van der Waals surface area (Å²) in [7, 11) is -0.867. The summed E-state index contributed by atoms with van der Waals surface area (Å²) in [5.41, 5.74) is 1.02. The molecule has 0 radical (unpaired) electrons. The van der Waals surface area contributed by atoms with Crippen LogP contribution in [0.1, 0.15) is 16.1 Å². The number of carbonyl (C=O) groups is 1. The lowest BCUT2D eigenvalue weighted by atomic mass is 10.2. The molecular weight excluding hydrogens is 362 g/mol. The molecule has 0 N–H and O–H groups in total. The van der Waals surface area contributed by atoms with Gasteiger partial charge in [0.15, 0.2) is 0 Å². The van der Waals surface area contributed by atoms with Crippen molar-refractivity contribution in [2.45, 2.75) is 11.7 Å². The van der Waals surface area contributed by atoms with Crippen molar-refractivity contribution < 1.29 is 22.4 Å². The van der Waals surface area contributed by atoms with E-state index in [0.29, 0.717) is 11.3 Å². The van der Waals surface area contributed by atoms with Gasteiger partial charge < -0.3 is 9.15 Å². The van der Waals surface area contributed by atoms with Crippen LogP contribution in [-0.2, 0) is 21.4 Å². The van der Waals surface area contributed by atoms with E-state index in [-0.39, 0.29) is 17.5 Å². The Balaban J connectivity index is 1.63. The number of furan rings is 1. The number of ether oxygens (including phenoxy) is 1. The molecule has 0 saturated carbocycles. The van der Waals surface area contributed by atoms with Crippen molar-refractivity contribution in [2.75, 3.05) is 14.1 Å². The van der Waals surface area contributed by atoms with Crippen molar-refractivity contribution in [1.29, 1.82) is 0 Å². The molecule has 3 rings (SSSR count). The SMILES string of the molecule is CN(C)S(=O)(=O)c1ccc(COC(=O)c2ccc(-n3cnnn3)cc2)o1. The number of nitrogens with zero attached hydrogens (tertiary/aromatic N) is 5. The molecule has 0 aliphatic rings. The molecule has 0 unspecified atom stereocenters. The van der Waals surface area contributed by atoms with E-state index in [0.717, 1.165) is 4.31 Å². The largest absolute Gasteiger partial charge is 0.454 e. The Hall–Kier alpha value is -3.05. The van der Waals surface area contributed by atoms with Gasteiger partial charge in [0, 0.05) is 14.1 Å². The highest BCUT2D eigenvalue weighted by atomic mass is 32.2. The van der Waals surface area contributed by atoms with Crippen LogP contribution in [0, 0.1) is 0 Å². The van der Waals surface area contributed by atoms with Crippen LogP contribution in [0.4, 0.5) is 0 Å². The van der Waals surface area contributed by atoms with Crippen LogP contribution in [-0.4, -0.2) is 53.0 Å². The highest BCUT2D eigenvalue weighted by Gasteiger charge is 2.21.